The zero-order valence-electron chi connectivity index (χ0n) is 8.52. The molecule has 17 heavy (non-hydrogen) atoms. The summed E-state index contributed by atoms with van der Waals surface area (Å²) in [5.74, 6) is -2.76. The third kappa shape index (κ3) is 4.28. The first-order valence-corrected chi connectivity index (χ1v) is 5.48. The molecule has 1 aromatic rings. The number of halogens is 2. The lowest BCUT2D eigenvalue weighted by atomic mass is 10.2. The molecule has 7 heteroatoms. The molecule has 0 aliphatic carbocycles. The van der Waals surface area contributed by atoms with E-state index in [4.69, 9.17) is 15.4 Å². The number of carbonyl (C=O) groups is 1. The van der Waals surface area contributed by atoms with Gasteiger partial charge in [-0.2, -0.15) is 14.0 Å². The van der Waals surface area contributed by atoms with Gasteiger partial charge in [0.2, 0.25) is 0 Å². The van der Waals surface area contributed by atoms with E-state index in [1.54, 1.807) is 6.07 Å². The van der Waals surface area contributed by atoms with Crippen LogP contribution in [-0.2, 0) is 10.5 Å². The van der Waals surface area contributed by atoms with Crippen molar-refractivity contribution in [1.29, 1.82) is 5.26 Å². The predicted molar refractivity (Wildman–Crippen MR) is 58.8 cm³/mol. The Kier molecular flexibility index (Phi) is 4.72. The van der Waals surface area contributed by atoms with Gasteiger partial charge in [0.15, 0.2) is 0 Å². The number of rotatable bonds is 5. The van der Waals surface area contributed by atoms with Crippen LogP contribution >= 0.6 is 11.8 Å². The molecule has 1 amide bonds. The number of furan rings is 1. The van der Waals surface area contributed by atoms with Crippen LogP contribution in [0.15, 0.2) is 22.1 Å². The van der Waals surface area contributed by atoms with E-state index >= 15 is 0 Å². The Balaban J connectivity index is 2.75. The maximum absolute atomic E-state index is 11.9. The molecule has 0 aromatic carbocycles. The number of alkyl halides is 2. The van der Waals surface area contributed by atoms with Crippen LogP contribution in [0.3, 0.4) is 0 Å². The Morgan fingerprint density at radius 2 is 2.35 bits per heavy atom. The van der Waals surface area contributed by atoms with E-state index in [0.717, 1.165) is 0 Å². The minimum Gasteiger partial charge on any atom is -0.461 e. The van der Waals surface area contributed by atoms with Gasteiger partial charge in [-0.25, -0.2) is 0 Å². The zero-order valence-corrected chi connectivity index (χ0v) is 9.34. The van der Waals surface area contributed by atoms with Crippen molar-refractivity contribution in [2.45, 2.75) is 11.5 Å². The van der Waals surface area contributed by atoms with Crippen LogP contribution in [0.1, 0.15) is 11.5 Å². The fraction of sp³-hybridized carbons (Fsp3) is 0.200. The highest BCUT2D eigenvalue weighted by Gasteiger charge is 2.08. The fourth-order valence-electron chi connectivity index (χ4n) is 0.996. The first kappa shape index (κ1) is 13.3. The summed E-state index contributed by atoms with van der Waals surface area (Å²) in [5, 5.41) is 8.58. The van der Waals surface area contributed by atoms with Crippen LogP contribution in [0.2, 0.25) is 0 Å². The summed E-state index contributed by atoms with van der Waals surface area (Å²) in [5.41, 5.74) is 4.67. The van der Waals surface area contributed by atoms with Crippen LogP contribution in [0.4, 0.5) is 8.78 Å². The summed E-state index contributed by atoms with van der Waals surface area (Å²) in [6, 6.07) is 4.58. The minimum absolute atomic E-state index is 0.0178. The monoisotopic (exact) mass is 258 g/mol. The second-order valence-electron chi connectivity index (χ2n) is 2.91. The number of hydrogen-bond donors (Lipinski definition) is 1. The Labute approximate surface area is 100 Å². The molecular weight excluding hydrogens is 250 g/mol. The van der Waals surface area contributed by atoms with Crippen molar-refractivity contribution in [2.24, 2.45) is 5.73 Å². The van der Waals surface area contributed by atoms with E-state index < -0.39 is 11.7 Å². The lowest BCUT2D eigenvalue weighted by Crippen LogP contribution is -2.12. The second-order valence-corrected chi connectivity index (χ2v) is 3.89. The largest absolute Gasteiger partial charge is 0.461 e. The van der Waals surface area contributed by atoms with E-state index in [-0.39, 0.29) is 17.1 Å². The molecular formula is C10H8F2N2O2S. The van der Waals surface area contributed by atoms with Crippen LogP contribution < -0.4 is 5.73 Å². The molecule has 0 bridgehead atoms. The molecule has 90 valence electrons. The molecule has 4 nitrogen and oxygen atoms in total. The minimum atomic E-state index is -2.47. The Hall–Kier alpha value is -1.81. The third-order valence-electron chi connectivity index (χ3n) is 1.71. The number of thioether (sulfide) groups is 1. The molecule has 0 unspecified atom stereocenters. The number of nitrogens with two attached hydrogens (primary N) is 1. The molecule has 1 rings (SSSR count). The highest BCUT2D eigenvalue weighted by molar-refractivity contribution is 7.98. The van der Waals surface area contributed by atoms with Crippen LogP contribution in [0, 0.1) is 11.3 Å². The SMILES string of the molecule is N#C/C(=C\c1ccc(CSC(F)F)o1)C(N)=O. The van der Waals surface area contributed by atoms with Gasteiger partial charge in [0.1, 0.15) is 23.2 Å². The lowest BCUT2D eigenvalue weighted by Gasteiger charge is -1.95. The van der Waals surface area contributed by atoms with Gasteiger partial charge in [0, 0.05) is 6.08 Å². The van der Waals surface area contributed by atoms with Crippen LogP contribution in [0.5, 0.6) is 0 Å². The molecule has 1 heterocycles. The van der Waals surface area contributed by atoms with Crippen molar-refractivity contribution in [1.82, 2.24) is 0 Å². The van der Waals surface area contributed by atoms with Gasteiger partial charge in [-0.1, -0.05) is 11.8 Å². The second kappa shape index (κ2) is 6.06. The van der Waals surface area contributed by atoms with Gasteiger partial charge in [-0.05, 0) is 12.1 Å². The van der Waals surface area contributed by atoms with Crippen LogP contribution in [0.25, 0.3) is 6.08 Å². The van der Waals surface area contributed by atoms with Gasteiger partial charge in [-0.15, -0.1) is 0 Å². The van der Waals surface area contributed by atoms with Crippen molar-refractivity contribution in [3.63, 3.8) is 0 Å². The lowest BCUT2D eigenvalue weighted by molar-refractivity contribution is -0.114. The molecule has 0 atom stereocenters. The van der Waals surface area contributed by atoms with Crippen molar-refractivity contribution < 1.29 is 18.0 Å². The first-order valence-electron chi connectivity index (χ1n) is 4.43. The first-order chi connectivity index (χ1) is 8.02. The Morgan fingerprint density at radius 1 is 1.65 bits per heavy atom. The molecule has 1 aromatic heterocycles. The number of nitriles is 1. The predicted octanol–water partition coefficient (Wildman–Crippen LogP) is 2.13. The summed E-state index contributed by atoms with van der Waals surface area (Å²) >= 11 is 0.424. The normalized spacial score (nSPS) is 11.5. The average Bonchev–Trinajstić information content (AvgIpc) is 2.70. The third-order valence-corrected chi connectivity index (χ3v) is 2.41. The summed E-state index contributed by atoms with van der Waals surface area (Å²) in [4.78, 5) is 10.7. The topological polar surface area (TPSA) is 80.0 Å². The average molecular weight is 258 g/mol. The smallest absolute Gasteiger partial charge is 0.284 e. The maximum Gasteiger partial charge on any atom is 0.284 e. The molecule has 0 spiro atoms. The Morgan fingerprint density at radius 3 is 2.88 bits per heavy atom. The van der Waals surface area contributed by atoms with Gasteiger partial charge < -0.3 is 10.2 Å². The summed E-state index contributed by atoms with van der Waals surface area (Å²) in [6.45, 7) is 0. The van der Waals surface area contributed by atoms with Crippen molar-refractivity contribution in [3.05, 3.63) is 29.2 Å². The molecule has 0 saturated carbocycles. The van der Waals surface area contributed by atoms with Crippen molar-refractivity contribution in [3.8, 4) is 6.07 Å². The molecule has 0 aliphatic heterocycles. The number of amides is 1. The number of primary amides is 1. The molecule has 0 radical (unpaired) electrons. The Bertz CT molecular complexity index is 477. The van der Waals surface area contributed by atoms with Crippen molar-refractivity contribution in [2.75, 3.05) is 0 Å². The highest BCUT2D eigenvalue weighted by Crippen LogP contribution is 2.21. The van der Waals surface area contributed by atoms with Gasteiger partial charge in [0.05, 0.1) is 5.75 Å². The molecule has 2 N–H and O–H groups in total. The van der Waals surface area contributed by atoms with E-state index in [9.17, 15) is 13.6 Å². The van der Waals surface area contributed by atoms with E-state index in [2.05, 4.69) is 0 Å². The van der Waals surface area contributed by atoms with Gasteiger partial charge in [-0.3, -0.25) is 4.79 Å². The standard InChI is InChI=1S/C10H8F2N2O2S/c11-10(12)17-5-8-2-1-7(16-8)3-6(4-13)9(14)15/h1-3,10H,5H2,(H2,14,15)/b6-3+. The number of nitrogens with zero attached hydrogens (tertiary/aromatic N) is 1. The van der Waals surface area contributed by atoms with E-state index in [1.807, 2.05) is 0 Å². The highest BCUT2D eigenvalue weighted by atomic mass is 32.2. The van der Waals surface area contributed by atoms with E-state index in [0.29, 0.717) is 17.5 Å². The van der Waals surface area contributed by atoms with Gasteiger partial charge in [0.25, 0.3) is 11.7 Å². The fourth-order valence-corrected chi connectivity index (χ4v) is 1.44. The van der Waals surface area contributed by atoms with Crippen molar-refractivity contribution >= 4 is 23.7 Å². The maximum atomic E-state index is 11.9. The van der Waals surface area contributed by atoms with Crippen LogP contribution in [-0.4, -0.2) is 11.7 Å². The molecule has 0 saturated heterocycles. The number of carbonyl (C=O) groups excluding carboxylic acids is 1. The quantitative estimate of drug-likeness (QED) is 0.648. The molecule has 0 aliphatic rings. The number of hydrogen-bond acceptors (Lipinski definition) is 4. The summed E-state index contributed by atoms with van der Waals surface area (Å²) < 4.78 is 28.9. The van der Waals surface area contributed by atoms with Gasteiger partial charge >= 0.3 is 0 Å². The summed E-state index contributed by atoms with van der Waals surface area (Å²) in [6.07, 6.45) is 1.17. The van der Waals surface area contributed by atoms with E-state index in [1.165, 1.54) is 18.2 Å². The zero-order chi connectivity index (χ0) is 12.8. The molecule has 0 fully saturated rings. The summed E-state index contributed by atoms with van der Waals surface area (Å²) in [7, 11) is 0.